The average molecular weight is 257 g/mol. The van der Waals surface area contributed by atoms with E-state index in [1.54, 1.807) is 4.90 Å². The minimum absolute atomic E-state index is 0.198. The summed E-state index contributed by atoms with van der Waals surface area (Å²) in [4.78, 5) is 18.1. The van der Waals surface area contributed by atoms with E-state index in [2.05, 4.69) is 30.6 Å². The molecule has 1 fully saturated rings. The lowest BCUT2D eigenvalue weighted by molar-refractivity contribution is -0.131. The zero-order valence-electron chi connectivity index (χ0n) is 13.2. The van der Waals surface area contributed by atoms with Gasteiger partial charge in [-0.3, -0.25) is 14.6 Å². The topological polar surface area (TPSA) is 26.8 Å². The largest absolute Gasteiger partial charge is 0.348 e. The number of carbonyl (C=O) groups excluding carboxylic acids is 1. The van der Waals surface area contributed by atoms with Gasteiger partial charge in [-0.2, -0.15) is 0 Å². The van der Waals surface area contributed by atoms with Crippen molar-refractivity contribution in [2.75, 3.05) is 40.3 Å². The summed E-state index contributed by atoms with van der Waals surface area (Å²) in [6.07, 6.45) is 0. The number of piperazine rings is 1. The van der Waals surface area contributed by atoms with E-state index in [4.69, 9.17) is 0 Å². The number of carbonyl (C=O) groups is 1. The monoisotopic (exact) mass is 257 g/mol. The Morgan fingerprint density at radius 2 is 1.56 bits per heavy atom. The van der Waals surface area contributed by atoms with Crippen LogP contribution in [0.3, 0.4) is 0 Å². The third-order valence-corrected chi connectivity index (χ3v) is 3.49. The molecular formula is C14H31N3O. The van der Waals surface area contributed by atoms with Gasteiger partial charge in [0.05, 0.1) is 6.54 Å². The number of hydrogen-bond acceptors (Lipinski definition) is 3. The van der Waals surface area contributed by atoms with Crippen LogP contribution in [0.5, 0.6) is 0 Å². The quantitative estimate of drug-likeness (QED) is 0.767. The predicted molar refractivity (Wildman–Crippen MR) is 77.8 cm³/mol. The van der Waals surface area contributed by atoms with Gasteiger partial charge in [0.2, 0.25) is 5.91 Å². The van der Waals surface area contributed by atoms with E-state index < -0.39 is 0 Å². The molecule has 1 aliphatic heterocycles. The second-order valence-corrected chi connectivity index (χ2v) is 5.00. The Labute approximate surface area is 113 Å². The van der Waals surface area contributed by atoms with Gasteiger partial charge in [-0.1, -0.05) is 20.8 Å². The van der Waals surface area contributed by atoms with Gasteiger partial charge in [0, 0.05) is 39.3 Å². The molecule has 0 bridgehead atoms. The Bertz CT molecular complexity index is 243. The van der Waals surface area contributed by atoms with Crippen molar-refractivity contribution in [1.29, 1.82) is 0 Å². The first-order valence-corrected chi connectivity index (χ1v) is 7.14. The molecule has 1 amide bonds. The summed E-state index contributed by atoms with van der Waals surface area (Å²) in [7, 11) is 3.64. The first-order valence-electron chi connectivity index (χ1n) is 7.14. The normalized spacial score (nSPS) is 25.3. The summed E-state index contributed by atoms with van der Waals surface area (Å²) in [5, 5.41) is 0. The Balaban J connectivity index is 0.00000137. The van der Waals surface area contributed by atoms with E-state index in [1.165, 1.54) is 0 Å². The molecule has 4 heteroatoms. The highest BCUT2D eigenvalue weighted by Gasteiger charge is 2.29. The summed E-state index contributed by atoms with van der Waals surface area (Å²) in [6, 6.07) is 1.02. The number of hydrogen-bond donors (Lipinski definition) is 0. The van der Waals surface area contributed by atoms with Crippen LogP contribution in [0.2, 0.25) is 0 Å². The molecule has 4 nitrogen and oxygen atoms in total. The van der Waals surface area contributed by atoms with Crippen LogP contribution >= 0.6 is 0 Å². The fraction of sp³-hybridized carbons (Fsp3) is 0.929. The standard InChI is InChI=1S/C12H25N3O.C2H6/c1-6-14-7-11(3)15(8-10(14)2)9-12(16)13(4)5;1-2/h10-11H,6-9H2,1-5H3;1-2H3/t10-,11+;/m0./s1. The molecule has 0 N–H and O–H groups in total. The summed E-state index contributed by atoms with van der Waals surface area (Å²) >= 11 is 0. The number of amides is 1. The van der Waals surface area contributed by atoms with Gasteiger partial charge in [0.1, 0.15) is 0 Å². The molecule has 0 aromatic carbocycles. The van der Waals surface area contributed by atoms with E-state index in [0.29, 0.717) is 18.6 Å². The average Bonchev–Trinajstić information content (AvgIpc) is 2.35. The summed E-state index contributed by atoms with van der Waals surface area (Å²) in [5.41, 5.74) is 0. The van der Waals surface area contributed by atoms with Crippen LogP contribution in [0, 0.1) is 0 Å². The van der Waals surface area contributed by atoms with Crippen LogP contribution in [0.4, 0.5) is 0 Å². The molecule has 0 saturated carbocycles. The van der Waals surface area contributed by atoms with Crippen LogP contribution in [0.1, 0.15) is 34.6 Å². The molecule has 0 unspecified atom stereocenters. The second-order valence-electron chi connectivity index (χ2n) is 5.00. The molecule has 1 saturated heterocycles. The van der Waals surface area contributed by atoms with Gasteiger partial charge >= 0.3 is 0 Å². The lowest BCUT2D eigenvalue weighted by Gasteiger charge is -2.43. The van der Waals surface area contributed by atoms with Crippen LogP contribution in [-0.2, 0) is 4.79 Å². The van der Waals surface area contributed by atoms with Crippen molar-refractivity contribution in [3.8, 4) is 0 Å². The molecule has 0 aromatic rings. The number of nitrogens with zero attached hydrogens (tertiary/aromatic N) is 3. The smallest absolute Gasteiger partial charge is 0.236 e. The third kappa shape index (κ3) is 4.94. The minimum atomic E-state index is 0.198. The highest BCUT2D eigenvalue weighted by Crippen LogP contribution is 2.14. The lowest BCUT2D eigenvalue weighted by Crippen LogP contribution is -2.57. The van der Waals surface area contributed by atoms with Gasteiger partial charge in [-0.05, 0) is 20.4 Å². The maximum Gasteiger partial charge on any atom is 0.236 e. The van der Waals surface area contributed by atoms with Gasteiger partial charge in [-0.15, -0.1) is 0 Å². The third-order valence-electron chi connectivity index (χ3n) is 3.49. The van der Waals surface area contributed by atoms with Crippen molar-refractivity contribution < 1.29 is 4.79 Å². The fourth-order valence-corrected chi connectivity index (χ4v) is 2.25. The maximum atomic E-state index is 11.7. The summed E-state index contributed by atoms with van der Waals surface area (Å²) < 4.78 is 0. The van der Waals surface area contributed by atoms with E-state index in [0.717, 1.165) is 19.6 Å². The molecule has 1 heterocycles. The van der Waals surface area contributed by atoms with Crippen LogP contribution in [0.15, 0.2) is 0 Å². The summed E-state index contributed by atoms with van der Waals surface area (Å²) in [6.45, 7) is 14.4. The van der Waals surface area contributed by atoms with Crippen molar-refractivity contribution >= 4 is 5.91 Å². The first-order chi connectivity index (χ1) is 8.45. The van der Waals surface area contributed by atoms with E-state index in [1.807, 2.05) is 27.9 Å². The molecule has 2 atom stereocenters. The van der Waals surface area contributed by atoms with Crippen molar-refractivity contribution in [2.24, 2.45) is 0 Å². The Kier molecular flexibility index (Phi) is 8.20. The van der Waals surface area contributed by atoms with Gasteiger partial charge < -0.3 is 4.90 Å². The fourth-order valence-electron chi connectivity index (χ4n) is 2.25. The van der Waals surface area contributed by atoms with Crippen LogP contribution in [0.25, 0.3) is 0 Å². The second kappa shape index (κ2) is 8.48. The van der Waals surface area contributed by atoms with Crippen LogP contribution < -0.4 is 0 Å². The minimum Gasteiger partial charge on any atom is -0.348 e. The Hall–Kier alpha value is -0.610. The zero-order valence-corrected chi connectivity index (χ0v) is 13.2. The molecule has 108 valence electrons. The van der Waals surface area contributed by atoms with Crippen LogP contribution in [-0.4, -0.2) is 73.0 Å². The zero-order chi connectivity index (χ0) is 14.3. The molecule has 1 aliphatic rings. The molecule has 0 aliphatic carbocycles. The molecular weight excluding hydrogens is 226 g/mol. The molecule has 18 heavy (non-hydrogen) atoms. The van der Waals surface area contributed by atoms with E-state index in [9.17, 15) is 4.79 Å². The van der Waals surface area contributed by atoms with Crippen molar-refractivity contribution in [3.05, 3.63) is 0 Å². The lowest BCUT2D eigenvalue weighted by atomic mass is 10.1. The Morgan fingerprint density at radius 1 is 1.11 bits per heavy atom. The van der Waals surface area contributed by atoms with Gasteiger partial charge in [-0.25, -0.2) is 0 Å². The predicted octanol–water partition coefficient (Wildman–Crippen LogP) is 1.52. The highest BCUT2D eigenvalue weighted by molar-refractivity contribution is 5.77. The maximum absolute atomic E-state index is 11.7. The molecule has 0 radical (unpaired) electrons. The van der Waals surface area contributed by atoms with Gasteiger partial charge in [0.25, 0.3) is 0 Å². The molecule has 0 spiro atoms. The van der Waals surface area contributed by atoms with Crippen molar-refractivity contribution in [1.82, 2.24) is 14.7 Å². The van der Waals surface area contributed by atoms with Gasteiger partial charge in [0.15, 0.2) is 0 Å². The van der Waals surface area contributed by atoms with E-state index in [-0.39, 0.29) is 5.91 Å². The SMILES string of the molecule is CC.CCN1C[C@@H](C)N(CC(=O)N(C)C)C[C@@H]1C. The Morgan fingerprint density at radius 3 is 2.00 bits per heavy atom. The number of likely N-dealkylation sites (N-methyl/N-ethyl adjacent to an activating group) is 2. The van der Waals surface area contributed by atoms with E-state index >= 15 is 0 Å². The molecule has 1 rings (SSSR count). The first kappa shape index (κ1) is 17.4. The highest BCUT2D eigenvalue weighted by atomic mass is 16.2. The van der Waals surface area contributed by atoms with Crippen molar-refractivity contribution in [3.63, 3.8) is 0 Å². The van der Waals surface area contributed by atoms with Crippen molar-refractivity contribution in [2.45, 2.75) is 46.7 Å². The number of rotatable bonds is 3. The summed E-state index contributed by atoms with van der Waals surface area (Å²) in [5.74, 6) is 0.198. The molecule has 0 aromatic heterocycles.